The zero-order valence-electron chi connectivity index (χ0n) is 8.12. The van der Waals surface area contributed by atoms with Gasteiger partial charge in [-0.2, -0.15) is 14.3 Å². The lowest BCUT2D eigenvalue weighted by molar-refractivity contribution is 0.335. The monoisotopic (exact) mass is 239 g/mol. The normalized spacial score (nSPS) is 11.6. The second-order valence-electron chi connectivity index (χ2n) is 3.23. The first-order valence-electron chi connectivity index (χ1n) is 4.39. The van der Waals surface area contributed by atoms with Crippen molar-refractivity contribution in [2.24, 2.45) is 5.90 Å². The smallest absolute Gasteiger partial charge is 0.295 e. The van der Waals surface area contributed by atoms with Gasteiger partial charge in [0.1, 0.15) is 10.6 Å². The van der Waals surface area contributed by atoms with Gasteiger partial charge in [0.05, 0.1) is 0 Å². The Morgan fingerprint density at radius 1 is 1.19 bits per heavy atom. The molecule has 0 aliphatic heterocycles. The lowest BCUT2D eigenvalue weighted by Gasteiger charge is -2.05. The van der Waals surface area contributed by atoms with Gasteiger partial charge in [-0.1, -0.05) is 12.1 Å². The molecule has 0 amide bonds. The summed E-state index contributed by atoms with van der Waals surface area (Å²) in [6, 6.07) is 9.21. The molecule has 2 aromatic carbocycles. The van der Waals surface area contributed by atoms with Crippen LogP contribution < -0.4 is 10.7 Å². The fraction of sp³-hybridized carbons (Fsp3) is 0. The van der Waals surface area contributed by atoms with Crippen molar-refractivity contribution in [3.63, 3.8) is 0 Å². The highest BCUT2D eigenvalue weighted by molar-refractivity contribution is 7.86. The van der Waals surface area contributed by atoms with Gasteiger partial charge in [-0.05, 0) is 29.7 Å². The van der Waals surface area contributed by atoms with Crippen LogP contribution in [0.5, 0.6) is 5.75 Å². The quantitative estimate of drug-likeness (QED) is 0.609. The molecule has 3 N–H and O–H groups in total. The van der Waals surface area contributed by atoms with E-state index < -0.39 is 10.1 Å². The first kappa shape index (κ1) is 10.9. The largest absolute Gasteiger partial charge is 0.412 e. The number of hydrogen-bond donors (Lipinski definition) is 2. The minimum absolute atomic E-state index is 0.131. The van der Waals surface area contributed by atoms with Crippen LogP contribution in [0.25, 0.3) is 10.8 Å². The third-order valence-corrected chi connectivity index (χ3v) is 3.14. The van der Waals surface area contributed by atoms with E-state index in [1.807, 2.05) is 0 Å². The molecule has 0 aliphatic rings. The molecule has 0 spiro atoms. The topological polar surface area (TPSA) is 89.6 Å². The number of nitrogens with two attached hydrogens (primary N) is 1. The van der Waals surface area contributed by atoms with Crippen molar-refractivity contribution in [1.82, 2.24) is 0 Å². The van der Waals surface area contributed by atoms with E-state index in [1.165, 1.54) is 24.3 Å². The number of fused-ring (bicyclic) bond motifs is 1. The van der Waals surface area contributed by atoms with Gasteiger partial charge in [0.15, 0.2) is 0 Å². The van der Waals surface area contributed by atoms with E-state index >= 15 is 0 Å². The maximum Gasteiger partial charge on any atom is 0.295 e. The van der Waals surface area contributed by atoms with E-state index in [9.17, 15) is 8.42 Å². The van der Waals surface area contributed by atoms with Crippen LogP contribution in [-0.2, 0) is 10.1 Å². The summed E-state index contributed by atoms with van der Waals surface area (Å²) < 4.78 is 31.2. The number of rotatable bonds is 2. The zero-order chi connectivity index (χ0) is 11.8. The molecule has 0 bridgehead atoms. The van der Waals surface area contributed by atoms with Crippen molar-refractivity contribution in [2.45, 2.75) is 4.90 Å². The molecule has 2 aromatic rings. The van der Waals surface area contributed by atoms with Crippen LogP contribution in [0.1, 0.15) is 0 Å². The van der Waals surface area contributed by atoms with Crippen molar-refractivity contribution < 1.29 is 17.8 Å². The van der Waals surface area contributed by atoms with Crippen molar-refractivity contribution >= 4 is 20.9 Å². The lowest BCUT2D eigenvalue weighted by atomic mass is 10.1. The Balaban J connectivity index is 2.80. The number of hydrogen-bond acceptors (Lipinski definition) is 4. The summed E-state index contributed by atoms with van der Waals surface area (Å²) in [5, 5.41) is 1.05. The molecule has 5 nitrogen and oxygen atoms in total. The standard InChI is InChI=1S/C10H9NO4S/c11-15-8-4-5-9-7(6-8)2-1-3-10(9)16(12,13)14/h1-6H,11H2,(H,12,13,14). The summed E-state index contributed by atoms with van der Waals surface area (Å²) in [5.41, 5.74) is 0. The molecule has 16 heavy (non-hydrogen) atoms. The van der Waals surface area contributed by atoms with Gasteiger partial charge < -0.3 is 4.84 Å². The average Bonchev–Trinajstić information content (AvgIpc) is 2.26. The van der Waals surface area contributed by atoms with Crippen LogP contribution in [0.15, 0.2) is 41.3 Å². The SMILES string of the molecule is NOc1ccc2c(S(=O)(=O)O)cccc2c1. The van der Waals surface area contributed by atoms with Crippen LogP contribution in [0.2, 0.25) is 0 Å². The van der Waals surface area contributed by atoms with Crippen molar-refractivity contribution in [3.05, 3.63) is 36.4 Å². The van der Waals surface area contributed by atoms with Gasteiger partial charge in [-0.25, -0.2) is 0 Å². The van der Waals surface area contributed by atoms with Crippen LogP contribution in [0.4, 0.5) is 0 Å². The van der Waals surface area contributed by atoms with Gasteiger partial charge in [0.2, 0.25) is 0 Å². The first-order valence-corrected chi connectivity index (χ1v) is 5.83. The predicted octanol–water partition coefficient (Wildman–Crippen LogP) is 1.34. The third kappa shape index (κ3) is 1.85. The predicted molar refractivity (Wildman–Crippen MR) is 58.6 cm³/mol. The van der Waals surface area contributed by atoms with Crippen LogP contribution in [0, 0.1) is 0 Å². The molecule has 0 saturated heterocycles. The molecule has 6 heteroatoms. The van der Waals surface area contributed by atoms with Gasteiger partial charge in [0, 0.05) is 5.39 Å². The summed E-state index contributed by atoms with van der Waals surface area (Å²) in [6.45, 7) is 0. The fourth-order valence-corrected chi connectivity index (χ4v) is 2.24. The van der Waals surface area contributed by atoms with E-state index in [-0.39, 0.29) is 4.90 Å². The summed E-state index contributed by atoms with van der Waals surface area (Å²) >= 11 is 0. The average molecular weight is 239 g/mol. The van der Waals surface area contributed by atoms with Crippen LogP contribution in [-0.4, -0.2) is 13.0 Å². The molecule has 0 aromatic heterocycles. The molecule has 0 unspecified atom stereocenters. The second kappa shape index (κ2) is 3.75. The molecule has 0 atom stereocenters. The van der Waals surface area contributed by atoms with Gasteiger partial charge in [-0.3, -0.25) is 4.55 Å². The maximum absolute atomic E-state index is 11.1. The van der Waals surface area contributed by atoms with E-state index in [1.54, 1.807) is 12.1 Å². The lowest BCUT2D eigenvalue weighted by Crippen LogP contribution is -2.02. The van der Waals surface area contributed by atoms with Crippen molar-refractivity contribution in [3.8, 4) is 5.75 Å². The number of benzene rings is 2. The highest BCUT2D eigenvalue weighted by atomic mass is 32.2. The summed E-state index contributed by atoms with van der Waals surface area (Å²) in [6.07, 6.45) is 0. The zero-order valence-corrected chi connectivity index (χ0v) is 8.94. The minimum atomic E-state index is -4.22. The van der Waals surface area contributed by atoms with Crippen molar-refractivity contribution in [1.29, 1.82) is 0 Å². The summed E-state index contributed by atoms with van der Waals surface area (Å²) in [4.78, 5) is 4.40. The second-order valence-corrected chi connectivity index (χ2v) is 4.62. The van der Waals surface area contributed by atoms with Gasteiger partial charge in [0.25, 0.3) is 10.1 Å². The summed E-state index contributed by atoms with van der Waals surface area (Å²) in [7, 11) is -4.22. The molecule has 0 aliphatic carbocycles. The minimum Gasteiger partial charge on any atom is -0.412 e. The van der Waals surface area contributed by atoms with Crippen LogP contribution >= 0.6 is 0 Å². The Bertz CT molecular complexity index is 636. The van der Waals surface area contributed by atoms with E-state index in [4.69, 9.17) is 10.4 Å². The van der Waals surface area contributed by atoms with Gasteiger partial charge in [-0.15, -0.1) is 0 Å². The molecule has 2 rings (SSSR count). The van der Waals surface area contributed by atoms with E-state index in [0.29, 0.717) is 16.5 Å². The Kier molecular flexibility index (Phi) is 2.55. The summed E-state index contributed by atoms with van der Waals surface area (Å²) in [5.74, 6) is 5.41. The van der Waals surface area contributed by atoms with Gasteiger partial charge >= 0.3 is 0 Å². The van der Waals surface area contributed by atoms with E-state index in [0.717, 1.165) is 0 Å². The highest BCUT2D eigenvalue weighted by Gasteiger charge is 2.13. The molecule has 0 heterocycles. The molecular formula is C10H9NO4S. The van der Waals surface area contributed by atoms with Crippen molar-refractivity contribution in [2.75, 3.05) is 0 Å². The molecular weight excluding hydrogens is 230 g/mol. The Morgan fingerprint density at radius 3 is 2.56 bits per heavy atom. The Morgan fingerprint density at radius 2 is 1.94 bits per heavy atom. The highest BCUT2D eigenvalue weighted by Crippen LogP contribution is 2.26. The van der Waals surface area contributed by atoms with Crippen LogP contribution in [0.3, 0.4) is 0 Å². The molecule has 84 valence electrons. The molecule has 0 radical (unpaired) electrons. The third-order valence-electron chi connectivity index (χ3n) is 2.23. The molecule has 0 saturated carbocycles. The Hall–Kier alpha value is -1.63. The fourth-order valence-electron chi connectivity index (χ4n) is 1.53. The maximum atomic E-state index is 11.1. The van der Waals surface area contributed by atoms with E-state index in [2.05, 4.69) is 4.84 Å². The molecule has 0 fully saturated rings. The Labute approximate surface area is 92.1 Å². The first-order chi connectivity index (χ1) is 7.52.